The summed E-state index contributed by atoms with van der Waals surface area (Å²) in [5.74, 6) is 0.270. The first-order valence-electron chi connectivity index (χ1n) is 5.58. The molecular formula is C13H16N2O2. The number of rotatable bonds is 4. The molecule has 1 atom stereocenters. The van der Waals surface area contributed by atoms with Crippen molar-refractivity contribution in [3.63, 3.8) is 0 Å². The number of carbonyl (C=O) groups excluding carboxylic acids is 1. The average Bonchev–Trinajstić information content (AvgIpc) is 2.63. The van der Waals surface area contributed by atoms with Gasteiger partial charge in [-0.15, -0.1) is 0 Å². The number of fused-ring (bicyclic) bond motifs is 1. The van der Waals surface area contributed by atoms with E-state index in [0.29, 0.717) is 6.54 Å². The van der Waals surface area contributed by atoms with Gasteiger partial charge in [-0.1, -0.05) is 18.2 Å². The maximum absolute atomic E-state index is 11.3. The summed E-state index contributed by atoms with van der Waals surface area (Å²) in [6, 6.07) is 7.33. The van der Waals surface area contributed by atoms with Gasteiger partial charge in [-0.05, 0) is 20.0 Å². The molecule has 90 valence electrons. The van der Waals surface area contributed by atoms with Gasteiger partial charge in [0.2, 0.25) is 0 Å². The fourth-order valence-corrected chi connectivity index (χ4v) is 1.96. The molecule has 0 radical (unpaired) electrons. The van der Waals surface area contributed by atoms with Gasteiger partial charge in [0, 0.05) is 23.5 Å². The zero-order chi connectivity index (χ0) is 12.4. The monoisotopic (exact) mass is 232 g/mol. The van der Waals surface area contributed by atoms with E-state index < -0.39 is 0 Å². The van der Waals surface area contributed by atoms with Crippen molar-refractivity contribution >= 4 is 16.6 Å². The van der Waals surface area contributed by atoms with Crippen LogP contribution in [0, 0.1) is 0 Å². The number of aromatic nitrogens is 1. The molecule has 1 aromatic carbocycles. The quantitative estimate of drug-likeness (QED) is 0.840. The van der Waals surface area contributed by atoms with E-state index in [1.165, 1.54) is 0 Å². The van der Waals surface area contributed by atoms with E-state index in [0.717, 1.165) is 10.8 Å². The highest BCUT2D eigenvalue weighted by Gasteiger charge is 2.15. The predicted octanol–water partition coefficient (Wildman–Crippen LogP) is 1.52. The van der Waals surface area contributed by atoms with Crippen molar-refractivity contribution in [1.82, 2.24) is 9.88 Å². The Morgan fingerprint density at radius 2 is 2.18 bits per heavy atom. The minimum atomic E-state index is -0.275. The van der Waals surface area contributed by atoms with Gasteiger partial charge in [0.15, 0.2) is 5.88 Å². The molecule has 0 amide bonds. The van der Waals surface area contributed by atoms with E-state index in [1.807, 2.05) is 30.5 Å². The van der Waals surface area contributed by atoms with Crippen LogP contribution in [0.2, 0.25) is 0 Å². The summed E-state index contributed by atoms with van der Waals surface area (Å²) in [5, 5.41) is 14.8. The van der Waals surface area contributed by atoms with Crippen LogP contribution in [0.5, 0.6) is 5.88 Å². The van der Waals surface area contributed by atoms with Crippen LogP contribution in [0.25, 0.3) is 10.8 Å². The standard InChI is InChI=1S/C13H16N2O2/c1-9(16)12(14-2)8-15-7-10-5-3-4-6-11(10)13(15)17/h3-7,12,14,17H,8H2,1-2H3. The fraction of sp³-hybridized carbons (Fsp3) is 0.308. The van der Waals surface area contributed by atoms with Gasteiger partial charge in [0.1, 0.15) is 5.78 Å². The molecule has 17 heavy (non-hydrogen) atoms. The SMILES string of the molecule is CNC(Cn1cc2ccccc2c1O)C(C)=O. The third kappa shape index (κ3) is 2.17. The molecule has 2 rings (SSSR count). The van der Waals surface area contributed by atoms with Gasteiger partial charge >= 0.3 is 0 Å². The molecule has 4 nitrogen and oxygen atoms in total. The number of aromatic hydroxyl groups is 1. The first-order chi connectivity index (χ1) is 8.13. The van der Waals surface area contributed by atoms with Gasteiger partial charge < -0.3 is 15.0 Å². The summed E-state index contributed by atoms with van der Waals surface area (Å²) < 4.78 is 1.70. The van der Waals surface area contributed by atoms with Crippen LogP contribution in [0.4, 0.5) is 0 Å². The van der Waals surface area contributed by atoms with Crippen LogP contribution in [-0.2, 0) is 11.3 Å². The predicted molar refractivity (Wildman–Crippen MR) is 67.1 cm³/mol. The van der Waals surface area contributed by atoms with Crippen molar-refractivity contribution < 1.29 is 9.90 Å². The Labute approximate surface area is 99.9 Å². The highest BCUT2D eigenvalue weighted by Crippen LogP contribution is 2.26. The van der Waals surface area contributed by atoms with Crippen molar-refractivity contribution in [2.24, 2.45) is 0 Å². The molecule has 0 aliphatic heterocycles. The second-order valence-corrected chi connectivity index (χ2v) is 4.14. The number of nitrogens with zero attached hydrogens (tertiary/aromatic N) is 1. The maximum Gasteiger partial charge on any atom is 0.199 e. The zero-order valence-corrected chi connectivity index (χ0v) is 9.97. The lowest BCUT2D eigenvalue weighted by Crippen LogP contribution is -2.36. The molecule has 0 aliphatic carbocycles. The summed E-state index contributed by atoms with van der Waals surface area (Å²) >= 11 is 0. The van der Waals surface area contributed by atoms with Crippen LogP contribution < -0.4 is 5.32 Å². The Bertz CT molecular complexity index is 545. The van der Waals surface area contributed by atoms with Crippen molar-refractivity contribution in [3.8, 4) is 5.88 Å². The number of ketones is 1. The molecule has 0 aliphatic rings. The first-order valence-corrected chi connectivity index (χ1v) is 5.58. The normalized spacial score (nSPS) is 12.8. The van der Waals surface area contributed by atoms with Gasteiger partial charge in [-0.2, -0.15) is 0 Å². The third-order valence-corrected chi connectivity index (χ3v) is 2.99. The van der Waals surface area contributed by atoms with Crippen molar-refractivity contribution in [2.45, 2.75) is 19.5 Å². The average molecular weight is 232 g/mol. The molecule has 4 heteroatoms. The first kappa shape index (κ1) is 11.7. The highest BCUT2D eigenvalue weighted by atomic mass is 16.3. The van der Waals surface area contributed by atoms with E-state index in [-0.39, 0.29) is 17.7 Å². The Kier molecular flexibility index (Phi) is 3.15. The van der Waals surface area contributed by atoms with E-state index in [2.05, 4.69) is 5.32 Å². The number of nitrogens with one attached hydrogen (secondary N) is 1. The molecule has 0 saturated carbocycles. The van der Waals surface area contributed by atoms with Gasteiger partial charge in [0.05, 0.1) is 6.04 Å². The number of hydrogen-bond donors (Lipinski definition) is 2. The van der Waals surface area contributed by atoms with Crippen LogP contribution in [-0.4, -0.2) is 28.5 Å². The molecule has 0 spiro atoms. The summed E-state index contributed by atoms with van der Waals surface area (Å²) in [7, 11) is 1.74. The van der Waals surface area contributed by atoms with E-state index in [1.54, 1.807) is 18.5 Å². The van der Waals surface area contributed by atoms with E-state index in [9.17, 15) is 9.90 Å². The summed E-state index contributed by atoms with van der Waals surface area (Å²) in [6.45, 7) is 1.98. The molecule has 0 saturated heterocycles. The fourth-order valence-electron chi connectivity index (χ4n) is 1.96. The van der Waals surface area contributed by atoms with Crippen LogP contribution in [0.3, 0.4) is 0 Å². The molecule has 0 fully saturated rings. The molecule has 2 aromatic rings. The smallest absolute Gasteiger partial charge is 0.199 e. The van der Waals surface area contributed by atoms with Crippen LogP contribution in [0.1, 0.15) is 6.92 Å². The van der Waals surface area contributed by atoms with Crippen molar-refractivity contribution in [1.29, 1.82) is 0 Å². The van der Waals surface area contributed by atoms with Gasteiger partial charge in [-0.3, -0.25) is 4.79 Å². The Balaban J connectivity index is 2.36. The molecule has 1 aromatic heterocycles. The lowest BCUT2D eigenvalue weighted by Gasteiger charge is -2.14. The second kappa shape index (κ2) is 4.59. The van der Waals surface area contributed by atoms with Crippen LogP contribution >= 0.6 is 0 Å². The summed E-state index contributed by atoms with van der Waals surface area (Å²) in [6.07, 6.45) is 1.86. The second-order valence-electron chi connectivity index (χ2n) is 4.14. The molecule has 0 bridgehead atoms. The lowest BCUT2D eigenvalue weighted by atomic mass is 10.2. The number of Topliss-reactive ketones (excluding diaryl/α,β-unsaturated/α-hetero) is 1. The topological polar surface area (TPSA) is 54.3 Å². The Hall–Kier alpha value is -1.81. The number of likely N-dealkylation sites (N-methyl/N-ethyl adjacent to an activating group) is 1. The van der Waals surface area contributed by atoms with Gasteiger partial charge in [0.25, 0.3) is 0 Å². The number of benzene rings is 1. The van der Waals surface area contributed by atoms with Gasteiger partial charge in [-0.25, -0.2) is 0 Å². The Morgan fingerprint density at radius 1 is 1.47 bits per heavy atom. The van der Waals surface area contributed by atoms with E-state index >= 15 is 0 Å². The minimum absolute atomic E-state index is 0.0599. The summed E-state index contributed by atoms with van der Waals surface area (Å²) in [4.78, 5) is 11.3. The third-order valence-electron chi connectivity index (χ3n) is 2.99. The molecule has 1 unspecified atom stereocenters. The zero-order valence-electron chi connectivity index (χ0n) is 9.97. The molecular weight excluding hydrogens is 216 g/mol. The van der Waals surface area contributed by atoms with Crippen molar-refractivity contribution in [2.75, 3.05) is 7.05 Å². The van der Waals surface area contributed by atoms with E-state index in [4.69, 9.17) is 0 Å². The Morgan fingerprint density at radius 3 is 2.76 bits per heavy atom. The number of carbonyl (C=O) groups is 1. The van der Waals surface area contributed by atoms with Crippen LogP contribution in [0.15, 0.2) is 30.5 Å². The lowest BCUT2D eigenvalue weighted by molar-refractivity contribution is -0.119. The van der Waals surface area contributed by atoms with Crippen molar-refractivity contribution in [3.05, 3.63) is 30.5 Å². The number of hydrogen-bond acceptors (Lipinski definition) is 3. The summed E-state index contributed by atoms with van der Waals surface area (Å²) in [5.41, 5.74) is 0. The largest absolute Gasteiger partial charge is 0.494 e. The molecule has 1 heterocycles. The highest BCUT2D eigenvalue weighted by molar-refractivity contribution is 5.88. The minimum Gasteiger partial charge on any atom is -0.494 e. The maximum atomic E-state index is 11.3. The molecule has 2 N–H and O–H groups in total.